The molecule has 3 aromatic carbocycles. The van der Waals surface area contributed by atoms with Crippen molar-refractivity contribution in [1.82, 2.24) is 9.55 Å². The van der Waals surface area contributed by atoms with Gasteiger partial charge in [0.15, 0.2) is 5.16 Å². The Morgan fingerprint density at radius 2 is 1.74 bits per heavy atom. The SMILES string of the molecule is COc1ccc(C)cc1NC(=O)CSc1nc(-c2ccc(Cl)cc2)cn1-c1cc(C)ccc1C. The van der Waals surface area contributed by atoms with Crippen LogP contribution < -0.4 is 10.1 Å². The van der Waals surface area contributed by atoms with Gasteiger partial charge in [0.1, 0.15) is 5.75 Å². The fourth-order valence-electron chi connectivity index (χ4n) is 3.61. The van der Waals surface area contributed by atoms with Crippen LogP contribution in [0, 0.1) is 20.8 Å². The summed E-state index contributed by atoms with van der Waals surface area (Å²) >= 11 is 7.46. The van der Waals surface area contributed by atoms with E-state index in [-0.39, 0.29) is 11.7 Å². The molecule has 1 heterocycles. The van der Waals surface area contributed by atoms with Gasteiger partial charge in [0, 0.05) is 16.8 Å². The van der Waals surface area contributed by atoms with E-state index in [9.17, 15) is 4.79 Å². The molecule has 0 aliphatic heterocycles. The Bertz CT molecular complexity index is 1330. The molecule has 0 bridgehead atoms. The molecule has 0 atom stereocenters. The van der Waals surface area contributed by atoms with Gasteiger partial charge in [0.2, 0.25) is 5.91 Å². The molecular formula is C27H26ClN3O2S. The lowest BCUT2D eigenvalue weighted by Gasteiger charge is -2.12. The predicted molar refractivity (Wildman–Crippen MR) is 141 cm³/mol. The van der Waals surface area contributed by atoms with Crippen LogP contribution in [-0.2, 0) is 4.79 Å². The molecule has 0 unspecified atom stereocenters. The summed E-state index contributed by atoms with van der Waals surface area (Å²) in [6.45, 7) is 6.11. The Hall–Kier alpha value is -3.22. The number of nitrogens with zero attached hydrogens (tertiary/aromatic N) is 2. The summed E-state index contributed by atoms with van der Waals surface area (Å²) in [5, 5.41) is 4.38. The number of aryl methyl sites for hydroxylation is 3. The van der Waals surface area contributed by atoms with E-state index in [1.165, 1.54) is 11.8 Å². The molecule has 5 nitrogen and oxygen atoms in total. The van der Waals surface area contributed by atoms with Gasteiger partial charge in [-0.1, -0.05) is 53.7 Å². The largest absolute Gasteiger partial charge is 0.495 e. The molecule has 0 fully saturated rings. The summed E-state index contributed by atoms with van der Waals surface area (Å²) in [4.78, 5) is 17.7. The maximum Gasteiger partial charge on any atom is 0.234 e. The van der Waals surface area contributed by atoms with Gasteiger partial charge < -0.3 is 10.1 Å². The van der Waals surface area contributed by atoms with Gasteiger partial charge in [-0.15, -0.1) is 0 Å². The molecule has 0 radical (unpaired) electrons. The first-order valence-corrected chi connectivity index (χ1v) is 12.2. The van der Waals surface area contributed by atoms with Crippen LogP contribution in [0.5, 0.6) is 5.75 Å². The molecular weight excluding hydrogens is 466 g/mol. The van der Waals surface area contributed by atoms with Crippen LogP contribution in [0.3, 0.4) is 0 Å². The molecule has 34 heavy (non-hydrogen) atoms. The Morgan fingerprint density at radius 3 is 2.47 bits per heavy atom. The van der Waals surface area contributed by atoms with E-state index in [1.54, 1.807) is 7.11 Å². The Kier molecular flexibility index (Phi) is 7.29. The first-order valence-electron chi connectivity index (χ1n) is 10.8. The number of hydrogen-bond donors (Lipinski definition) is 1. The predicted octanol–water partition coefficient (Wildman–Crippen LogP) is 6.86. The van der Waals surface area contributed by atoms with E-state index < -0.39 is 0 Å². The van der Waals surface area contributed by atoms with Crippen molar-refractivity contribution >= 4 is 35.0 Å². The van der Waals surface area contributed by atoms with Crippen LogP contribution in [0.2, 0.25) is 5.02 Å². The van der Waals surface area contributed by atoms with Crippen LogP contribution in [0.15, 0.2) is 72.0 Å². The highest BCUT2D eigenvalue weighted by Crippen LogP contribution is 2.30. The van der Waals surface area contributed by atoms with E-state index in [0.717, 1.165) is 38.8 Å². The first kappa shape index (κ1) is 23.9. The van der Waals surface area contributed by atoms with Crippen LogP contribution >= 0.6 is 23.4 Å². The Labute approximate surface area is 209 Å². The van der Waals surface area contributed by atoms with Crippen molar-refractivity contribution in [3.63, 3.8) is 0 Å². The van der Waals surface area contributed by atoms with Gasteiger partial charge in [-0.05, 0) is 67.8 Å². The lowest BCUT2D eigenvalue weighted by atomic mass is 10.1. The van der Waals surface area contributed by atoms with E-state index in [1.807, 2.05) is 55.6 Å². The van der Waals surface area contributed by atoms with Crippen LogP contribution in [-0.4, -0.2) is 28.3 Å². The minimum absolute atomic E-state index is 0.127. The lowest BCUT2D eigenvalue weighted by molar-refractivity contribution is -0.113. The minimum Gasteiger partial charge on any atom is -0.495 e. The smallest absolute Gasteiger partial charge is 0.234 e. The number of anilines is 1. The highest BCUT2D eigenvalue weighted by molar-refractivity contribution is 7.99. The summed E-state index contributed by atoms with van der Waals surface area (Å²) in [6, 6.07) is 19.6. The second-order valence-electron chi connectivity index (χ2n) is 8.12. The number of methoxy groups -OCH3 is 1. The van der Waals surface area contributed by atoms with E-state index >= 15 is 0 Å². The molecule has 0 aliphatic rings. The number of rotatable bonds is 7. The van der Waals surface area contributed by atoms with Crippen molar-refractivity contribution in [3.05, 3.63) is 88.6 Å². The quantitative estimate of drug-likeness (QED) is 0.287. The van der Waals surface area contributed by atoms with Crippen LogP contribution in [0.1, 0.15) is 16.7 Å². The molecule has 0 saturated heterocycles. The molecule has 4 rings (SSSR count). The average Bonchev–Trinajstić information content (AvgIpc) is 3.24. The van der Waals surface area contributed by atoms with Gasteiger partial charge in [-0.3, -0.25) is 9.36 Å². The number of nitrogens with one attached hydrogen (secondary N) is 1. The third-order valence-electron chi connectivity index (χ3n) is 5.40. The second-order valence-corrected chi connectivity index (χ2v) is 9.50. The molecule has 174 valence electrons. The molecule has 0 spiro atoms. The second kappa shape index (κ2) is 10.4. The van der Waals surface area contributed by atoms with Crippen molar-refractivity contribution in [2.24, 2.45) is 0 Å². The number of ether oxygens (including phenoxy) is 1. The number of hydrogen-bond acceptors (Lipinski definition) is 4. The Morgan fingerprint density at radius 1 is 1.03 bits per heavy atom. The summed E-state index contributed by atoms with van der Waals surface area (Å²) in [6.07, 6.45) is 2.01. The van der Waals surface area contributed by atoms with Gasteiger partial charge in [0.05, 0.1) is 29.9 Å². The number of carbonyl (C=O) groups is 1. The average molecular weight is 492 g/mol. The number of carbonyl (C=O) groups excluding carboxylic acids is 1. The highest BCUT2D eigenvalue weighted by Gasteiger charge is 2.16. The lowest BCUT2D eigenvalue weighted by Crippen LogP contribution is -2.15. The van der Waals surface area contributed by atoms with E-state index in [0.29, 0.717) is 16.5 Å². The maximum absolute atomic E-state index is 12.8. The van der Waals surface area contributed by atoms with E-state index in [4.69, 9.17) is 21.3 Å². The summed E-state index contributed by atoms with van der Waals surface area (Å²) < 4.78 is 7.43. The fraction of sp³-hybridized carbons (Fsp3) is 0.185. The zero-order chi connectivity index (χ0) is 24.2. The van der Waals surface area contributed by atoms with Crippen molar-refractivity contribution in [3.8, 4) is 22.7 Å². The Balaban J connectivity index is 1.62. The third kappa shape index (κ3) is 5.46. The fourth-order valence-corrected chi connectivity index (χ4v) is 4.52. The van der Waals surface area contributed by atoms with E-state index in [2.05, 4.69) is 41.9 Å². The molecule has 4 aromatic rings. The van der Waals surface area contributed by atoms with Gasteiger partial charge in [0.25, 0.3) is 0 Å². The zero-order valence-corrected chi connectivity index (χ0v) is 21.1. The monoisotopic (exact) mass is 491 g/mol. The van der Waals surface area contributed by atoms with Gasteiger partial charge >= 0.3 is 0 Å². The number of aromatic nitrogens is 2. The molecule has 1 amide bonds. The normalized spacial score (nSPS) is 10.9. The molecule has 1 N–H and O–H groups in total. The molecule has 0 saturated carbocycles. The number of benzene rings is 3. The van der Waals surface area contributed by atoms with Crippen LogP contribution in [0.25, 0.3) is 16.9 Å². The van der Waals surface area contributed by atoms with Gasteiger partial charge in [-0.25, -0.2) is 4.98 Å². The zero-order valence-electron chi connectivity index (χ0n) is 19.6. The maximum atomic E-state index is 12.8. The highest BCUT2D eigenvalue weighted by atomic mass is 35.5. The van der Waals surface area contributed by atoms with Crippen molar-refractivity contribution in [2.45, 2.75) is 25.9 Å². The third-order valence-corrected chi connectivity index (χ3v) is 6.60. The van der Waals surface area contributed by atoms with Crippen molar-refractivity contribution in [2.75, 3.05) is 18.2 Å². The van der Waals surface area contributed by atoms with Crippen LogP contribution in [0.4, 0.5) is 5.69 Å². The first-order chi connectivity index (χ1) is 16.3. The standard InChI is InChI=1S/C27H26ClN3O2S/c1-17-6-12-25(33-4)22(13-17)29-26(32)16-34-27-30-23(20-8-10-21(28)11-9-20)15-31(27)24-14-18(2)5-7-19(24)3/h5-15H,16H2,1-4H3,(H,29,32). The summed E-state index contributed by atoms with van der Waals surface area (Å²) in [5.41, 5.74) is 6.81. The van der Waals surface area contributed by atoms with Crippen molar-refractivity contribution < 1.29 is 9.53 Å². The van der Waals surface area contributed by atoms with Crippen molar-refractivity contribution in [1.29, 1.82) is 0 Å². The summed E-state index contributed by atoms with van der Waals surface area (Å²) in [7, 11) is 1.59. The number of amides is 1. The minimum atomic E-state index is -0.127. The number of imidazole rings is 1. The summed E-state index contributed by atoms with van der Waals surface area (Å²) in [5.74, 6) is 0.710. The number of thioether (sulfide) groups is 1. The van der Waals surface area contributed by atoms with Gasteiger partial charge in [-0.2, -0.15) is 0 Å². The topological polar surface area (TPSA) is 56.1 Å². The molecule has 7 heteroatoms. The number of halogens is 1. The molecule has 0 aliphatic carbocycles. The molecule has 1 aromatic heterocycles.